The Morgan fingerprint density at radius 3 is 2.43 bits per heavy atom. The molecule has 1 N–H and O–H groups in total. The Labute approximate surface area is 134 Å². The van der Waals surface area contributed by atoms with E-state index in [0.717, 1.165) is 22.0 Å². The minimum Gasteiger partial charge on any atom is -0.480 e. The van der Waals surface area contributed by atoms with Crippen LogP contribution in [0.4, 0.5) is 0 Å². The van der Waals surface area contributed by atoms with Gasteiger partial charge < -0.3 is 10.0 Å². The van der Waals surface area contributed by atoms with Crippen molar-refractivity contribution in [3.63, 3.8) is 0 Å². The minimum absolute atomic E-state index is 0.0512. The van der Waals surface area contributed by atoms with Crippen LogP contribution in [0.25, 0.3) is 5.69 Å². The third-order valence-electron chi connectivity index (χ3n) is 3.26. The summed E-state index contributed by atoms with van der Waals surface area (Å²) in [7, 11) is 0. The van der Waals surface area contributed by atoms with E-state index >= 15 is 0 Å². The number of carbonyl (C=O) groups is 2. The molecular formula is C17H17N3O3. The molecule has 2 aromatic rings. The van der Waals surface area contributed by atoms with E-state index in [1.807, 2.05) is 19.9 Å². The molecule has 1 aromatic heterocycles. The molecular weight excluding hydrogens is 294 g/mol. The predicted octanol–water partition coefficient (Wildman–Crippen LogP) is 1.65. The second-order valence-corrected chi connectivity index (χ2v) is 5.14. The van der Waals surface area contributed by atoms with Crippen LogP contribution < -0.4 is 0 Å². The third kappa shape index (κ3) is 3.77. The van der Waals surface area contributed by atoms with Crippen molar-refractivity contribution in [1.29, 1.82) is 0 Å². The van der Waals surface area contributed by atoms with Gasteiger partial charge in [0.2, 0.25) is 0 Å². The number of terminal acetylenes is 1. The fraction of sp³-hybridized carbons (Fsp3) is 0.235. The molecule has 0 saturated heterocycles. The maximum Gasteiger partial charge on any atom is 0.323 e. The number of hydrogen-bond acceptors (Lipinski definition) is 3. The highest BCUT2D eigenvalue weighted by atomic mass is 16.4. The van der Waals surface area contributed by atoms with Crippen molar-refractivity contribution in [1.82, 2.24) is 14.7 Å². The van der Waals surface area contributed by atoms with Crippen LogP contribution in [0.1, 0.15) is 21.7 Å². The lowest BCUT2D eigenvalue weighted by atomic mass is 10.1. The number of aliphatic carboxylic acids is 1. The van der Waals surface area contributed by atoms with Crippen LogP contribution in [0.2, 0.25) is 0 Å². The van der Waals surface area contributed by atoms with Gasteiger partial charge in [0.25, 0.3) is 5.91 Å². The average Bonchev–Trinajstić information content (AvgIpc) is 2.84. The summed E-state index contributed by atoms with van der Waals surface area (Å²) in [6, 6.07) is 8.77. The Morgan fingerprint density at radius 1 is 1.30 bits per heavy atom. The van der Waals surface area contributed by atoms with Crippen LogP contribution in [-0.4, -0.2) is 44.8 Å². The zero-order valence-electron chi connectivity index (χ0n) is 13.0. The second-order valence-electron chi connectivity index (χ2n) is 5.14. The number of aromatic nitrogens is 2. The van der Waals surface area contributed by atoms with E-state index in [4.69, 9.17) is 11.5 Å². The lowest BCUT2D eigenvalue weighted by Gasteiger charge is -2.18. The molecule has 2 rings (SSSR count). The zero-order valence-corrected chi connectivity index (χ0v) is 13.0. The molecule has 0 bridgehead atoms. The van der Waals surface area contributed by atoms with Gasteiger partial charge in [0.05, 0.1) is 17.9 Å². The smallest absolute Gasteiger partial charge is 0.323 e. The van der Waals surface area contributed by atoms with Gasteiger partial charge in [0.15, 0.2) is 0 Å². The number of nitrogens with zero attached hydrogens (tertiary/aromatic N) is 3. The molecule has 0 unspecified atom stereocenters. The molecule has 0 aliphatic carbocycles. The number of hydrogen-bond donors (Lipinski definition) is 1. The highest BCUT2D eigenvalue weighted by Crippen LogP contribution is 2.14. The van der Waals surface area contributed by atoms with Gasteiger partial charge in [-0.1, -0.05) is 5.92 Å². The van der Waals surface area contributed by atoms with Crippen LogP contribution in [0, 0.1) is 26.2 Å². The summed E-state index contributed by atoms with van der Waals surface area (Å²) in [6.45, 7) is 3.37. The van der Waals surface area contributed by atoms with E-state index in [9.17, 15) is 9.59 Å². The molecule has 0 fully saturated rings. The van der Waals surface area contributed by atoms with Crippen molar-refractivity contribution in [2.75, 3.05) is 13.1 Å². The van der Waals surface area contributed by atoms with Gasteiger partial charge in [0.1, 0.15) is 6.54 Å². The molecule has 0 atom stereocenters. The van der Waals surface area contributed by atoms with Crippen molar-refractivity contribution in [3.8, 4) is 18.0 Å². The molecule has 0 radical (unpaired) electrons. The summed E-state index contributed by atoms with van der Waals surface area (Å²) < 4.78 is 1.78. The summed E-state index contributed by atoms with van der Waals surface area (Å²) in [6.07, 6.45) is 5.19. The largest absolute Gasteiger partial charge is 0.480 e. The molecule has 6 heteroatoms. The van der Waals surface area contributed by atoms with E-state index in [0.29, 0.717) is 5.56 Å². The monoisotopic (exact) mass is 311 g/mol. The van der Waals surface area contributed by atoms with Gasteiger partial charge in [-0.15, -0.1) is 6.42 Å². The Balaban J connectivity index is 2.24. The van der Waals surface area contributed by atoms with E-state index in [1.54, 1.807) is 28.9 Å². The standard InChI is InChI=1S/C17H17N3O3/c1-4-9-19(11-16(21)22)17(23)14-5-7-15(8-6-14)20-13(3)10-12(2)18-20/h1,5-8,10H,9,11H2,2-3H3,(H,21,22). The first-order valence-electron chi connectivity index (χ1n) is 7.00. The number of benzene rings is 1. The number of rotatable bonds is 5. The Kier molecular flexibility index (Phi) is 4.82. The summed E-state index contributed by atoms with van der Waals surface area (Å²) in [4.78, 5) is 24.3. The molecule has 118 valence electrons. The first-order chi connectivity index (χ1) is 10.9. The summed E-state index contributed by atoms with van der Waals surface area (Å²) in [5, 5.41) is 13.2. The third-order valence-corrected chi connectivity index (χ3v) is 3.26. The molecule has 1 amide bonds. The van der Waals surface area contributed by atoms with Gasteiger partial charge in [-0.2, -0.15) is 5.10 Å². The zero-order chi connectivity index (χ0) is 17.0. The highest BCUT2D eigenvalue weighted by molar-refractivity contribution is 5.96. The van der Waals surface area contributed by atoms with Gasteiger partial charge in [-0.3, -0.25) is 9.59 Å². The van der Waals surface area contributed by atoms with Crippen molar-refractivity contribution < 1.29 is 14.7 Å². The Morgan fingerprint density at radius 2 is 1.96 bits per heavy atom. The second kappa shape index (κ2) is 6.79. The van der Waals surface area contributed by atoms with Crippen LogP contribution in [0.15, 0.2) is 30.3 Å². The van der Waals surface area contributed by atoms with Gasteiger partial charge in [0, 0.05) is 11.3 Å². The SMILES string of the molecule is C#CCN(CC(=O)O)C(=O)c1ccc(-n2nc(C)cc2C)cc1. The van der Waals surface area contributed by atoms with Crippen molar-refractivity contribution in [3.05, 3.63) is 47.3 Å². The van der Waals surface area contributed by atoms with Crippen LogP contribution in [0.5, 0.6) is 0 Å². The number of carboxylic acids is 1. The first-order valence-corrected chi connectivity index (χ1v) is 7.00. The van der Waals surface area contributed by atoms with Crippen LogP contribution in [-0.2, 0) is 4.79 Å². The molecule has 1 heterocycles. The topological polar surface area (TPSA) is 75.4 Å². The lowest BCUT2D eigenvalue weighted by molar-refractivity contribution is -0.137. The fourth-order valence-corrected chi connectivity index (χ4v) is 2.29. The number of amides is 1. The van der Waals surface area contributed by atoms with Gasteiger partial charge in [-0.25, -0.2) is 4.68 Å². The van der Waals surface area contributed by atoms with Gasteiger partial charge >= 0.3 is 5.97 Å². The summed E-state index contributed by atoms with van der Waals surface area (Å²) >= 11 is 0. The van der Waals surface area contributed by atoms with Crippen molar-refractivity contribution >= 4 is 11.9 Å². The maximum atomic E-state index is 12.3. The van der Waals surface area contributed by atoms with E-state index in [1.165, 1.54) is 0 Å². The normalized spacial score (nSPS) is 10.1. The fourth-order valence-electron chi connectivity index (χ4n) is 2.29. The number of aryl methyl sites for hydroxylation is 2. The average molecular weight is 311 g/mol. The highest BCUT2D eigenvalue weighted by Gasteiger charge is 2.17. The minimum atomic E-state index is -1.10. The Bertz CT molecular complexity index is 769. The first kappa shape index (κ1) is 16.3. The molecule has 0 aliphatic rings. The quantitative estimate of drug-likeness (QED) is 0.852. The summed E-state index contributed by atoms with van der Waals surface area (Å²) in [5.41, 5.74) is 3.10. The molecule has 1 aromatic carbocycles. The molecule has 6 nitrogen and oxygen atoms in total. The lowest BCUT2D eigenvalue weighted by Crippen LogP contribution is -2.35. The predicted molar refractivity (Wildman–Crippen MR) is 85.4 cm³/mol. The Hall–Kier alpha value is -3.07. The molecule has 0 spiro atoms. The van der Waals surface area contributed by atoms with E-state index in [-0.39, 0.29) is 6.54 Å². The summed E-state index contributed by atoms with van der Waals surface area (Å²) in [5.74, 6) is 0.783. The van der Waals surface area contributed by atoms with Crippen LogP contribution >= 0.6 is 0 Å². The number of carboxylic acid groups (broad SMARTS) is 1. The van der Waals surface area contributed by atoms with Crippen molar-refractivity contribution in [2.24, 2.45) is 0 Å². The van der Waals surface area contributed by atoms with Crippen LogP contribution in [0.3, 0.4) is 0 Å². The van der Waals surface area contributed by atoms with Crippen molar-refractivity contribution in [2.45, 2.75) is 13.8 Å². The van der Waals surface area contributed by atoms with E-state index in [2.05, 4.69) is 11.0 Å². The molecule has 0 aliphatic heterocycles. The molecule has 23 heavy (non-hydrogen) atoms. The van der Waals surface area contributed by atoms with E-state index < -0.39 is 18.4 Å². The molecule has 0 saturated carbocycles. The van der Waals surface area contributed by atoms with Gasteiger partial charge in [-0.05, 0) is 44.2 Å². The number of carbonyl (C=O) groups excluding carboxylic acids is 1. The maximum absolute atomic E-state index is 12.3.